The maximum absolute atomic E-state index is 12.6. The number of hydrogen-bond donors (Lipinski definition) is 1. The van der Waals surface area contributed by atoms with E-state index in [4.69, 9.17) is 0 Å². The lowest BCUT2D eigenvalue weighted by Gasteiger charge is -2.29. The number of carbonyl (C=O) groups is 1. The van der Waals surface area contributed by atoms with Crippen LogP contribution in [0.4, 0.5) is 0 Å². The fourth-order valence-electron chi connectivity index (χ4n) is 3.26. The van der Waals surface area contributed by atoms with Crippen LogP contribution in [0.15, 0.2) is 12.4 Å². The van der Waals surface area contributed by atoms with Gasteiger partial charge in [-0.3, -0.25) is 4.79 Å². The van der Waals surface area contributed by atoms with Gasteiger partial charge in [0.25, 0.3) is 0 Å². The summed E-state index contributed by atoms with van der Waals surface area (Å²) in [6, 6.07) is 0.689. The van der Waals surface area contributed by atoms with E-state index >= 15 is 0 Å². The van der Waals surface area contributed by atoms with Crippen LogP contribution in [0.3, 0.4) is 0 Å². The summed E-state index contributed by atoms with van der Waals surface area (Å²) in [5, 5.41) is 3.46. The van der Waals surface area contributed by atoms with Crippen molar-refractivity contribution in [3.63, 3.8) is 0 Å². The summed E-state index contributed by atoms with van der Waals surface area (Å²) in [7, 11) is 0. The average molecular weight is 308 g/mol. The van der Waals surface area contributed by atoms with Crippen LogP contribution in [0.5, 0.6) is 0 Å². The minimum atomic E-state index is 0.315. The van der Waals surface area contributed by atoms with Gasteiger partial charge in [-0.15, -0.1) is 0 Å². The topological polar surface area (TPSA) is 50.2 Å². The second-order valence-corrected chi connectivity index (χ2v) is 7.09. The largest absolute Gasteiger partial charge is 0.338 e. The molecule has 2 atom stereocenters. The van der Waals surface area contributed by atoms with Gasteiger partial charge in [0.1, 0.15) is 5.82 Å². The van der Waals surface area contributed by atoms with E-state index in [1.54, 1.807) is 0 Å². The van der Waals surface area contributed by atoms with E-state index in [0.717, 1.165) is 49.8 Å². The van der Waals surface area contributed by atoms with Gasteiger partial charge in [-0.2, -0.15) is 11.8 Å². The average Bonchev–Trinajstić information content (AvgIpc) is 3.10. The Morgan fingerprint density at radius 2 is 2.48 bits per heavy atom. The van der Waals surface area contributed by atoms with Crippen LogP contribution in [0.2, 0.25) is 0 Å². The lowest BCUT2D eigenvalue weighted by molar-refractivity contribution is -0.132. The Bertz CT molecular complexity index is 484. The number of likely N-dealkylation sites (tertiary alicyclic amines) is 1. The van der Waals surface area contributed by atoms with E-state index in [1.807, 2.05) is 31.1 Å². The standard InChI is InChI=1S/C15H24N4OS/c1-12-16-4-7-18(12)10-14-3-2-6-19(14)15(20)9-13-11-21-8-5-17-13/h4,7,13-14,17H,2-3,5-6,8-11H2,1H3. The number of hydrogen-bond acceptors (Lipinski definition) is 4. The van der Waals surface area contributed by atoms with Crippen LogP contribution in [0.25, 0.3) is 0 Å². The first-order chi connectivity index (χ1) is 10.2. The number of aryl methyl sites for hydroxylation is 1. The molecule has 116 valence electrons. The Labute approximate surface area is 130 Å². The van der Waals surface area contributed by atoms with E-state index in [9.17, 15) is 4.79 Å². The smallest absolute Gasteiger partial charge is 0.224 e. The first-order valence-corrected chi connectivity index (χ1v) is 8.98. The molecule has 0 bridgehead atoms. The molecule has 6 heteroatoms. The van der Waals surface area contributed by atoms with E-state index in [0.29, 0.717) is 24.4 Å². The first-order valence-electron chi connectivity index (χ1n) is 7.82. The number of thioether (sulfide) groups is 1. The minimum Gasteiger partial charge on any atom is -0.338 e. The number of nitrogens with zero attached hydrogens (tertiary/aromatic N) is 3. The molecule has 1 aromatic heterocycles. The molecule has 0 aromatic carbocycles. The van der Waals surface area contributed by atoms with Gasteiger partial charge in [-0.05, 0) is 19.8 Å². The minimum absolute atomic E-state index is 0.315. The quantitative estimate of drug-likeness (QED) is 0.910. The zero-order valence-corrected chi connectivity index (χ0v) is 13.4. The molecule has 1 amide bonds. The third-order valence-electron chi connectivity index (χ3n) is 4.45. The summed E-state index contributed by atoms with van der Waals surface area (Å²) in [4.78, 5) is 19.0. The second kappa shape index (κ2) is 6.83. The fraction of sp³-hybridized carbons (Fsp3) is 0.733. The maximum atomic E-state index is 12.6. The van der Waals surface area contributed by atoms with Gasteiger partial charge in [0, 0.05) is 62.0 Å². The van der Waals surface area contributed by atoms with Crippen LogP contribution in [0.1, 0.15) is 25.1 Å². The molecule has 3 heterocycles. The van der Waals surface area contributed by atoms with Crippen molar-refractivity contribution in [1.82, 2.24) is 19.8 Å². The summed E-state index contributed by atoms with van der Waals surface area (Å²) in [6.45, 7) is 4.84. The fourth-order valence-corrected chi connectivity index (χ4v) is 4.21. The molecule has 1 aromatic rings. The highest BCUT2D eigenvalue weighted by atomic mass is 32.2. The normalized spacial score (nSPS) is 26.2. The number of carbonyl (C=O) groups excluding carboxylic acids is 1. The Morgan fingerprint density at radius 1 is 1.57 bits per heavy atom. The van der Waals surface area contributed by atoms with Gasteiger partial charge in [-0.1, -0.05) is 0 Å². The van der Waals surface area contributed by atoms with Crippen molar-refractivity contribution in [3.8, 4) is 0 Å². The van der Waals surface area contributed by atoms with Gasteiger partial charge < -0.3 is 14.8 Å². The molecule has 2 aliphatic rings. The second-order valence-electron chi connectivity index (χ2n) is 5.94. The highest BCUT2D eigenvalue weighted by Gasteiger charge is 2.30. The van der Waals surface area contributed by atoms with Crippen molar-refractivity contribution in [2.45, 2.75) is 44.8 Å². The van der Waals surface area contributed by atoms with E-state index in [-0.39, 0.29) is 0 Å². The molecule has 3 rings (SSSR count). The highest BCUT2D eigenvalue weighted by Crippen LogP contribution is 2.22. The van der Waals surface area contributed by atoms with Crippen LogP contribution in [-0.2, 0) is 11.3 Å². The maximum Gasteiger partial charge on any atom is 0.224 e. The summed E-state index contributed by atoms with van der Waals surface area (Å²) in [5.41, 5.74) is 0. The molecule has 2 unspecified atom stereocenters. The van der Waals surface area contributed by atoms with Crippen molar-refractivity contribution in [1.29, 1.82) is 0 Å². The summed E-state index contributed by atoms with van der Waals surface area (Å²) in [5.74, 6) is 3.57. The molecule has 2 saturated heterocycles. The van der Waals surface area contributed by atoms with Crippen molar-refractivity contribution in [2.24, 2.45) is 0 Å². The van der Waals surface area contributed by atoms with Gasteiger partial charge in [-0.25, -0.2) is 4.98 Å². The Hall–Kier alpha value is -1.01. The van der Waals surface area contributed by atoms with Gasteiger partial charge >= 0.3 is 0 Å². The molecular formula is C15H24N4OS. The van der Waals surface area contributed by atoms with Crippen LogP contribution in [-0.4, -0.2) is 57.0 Å². The van der Waals surface area contributed by atoms with Gasteiger partial charge in [0.05, 0.1) is 0 Å². The van der Waals surface area contributed by atoms with Crippen LogP contribution < -0.4 is 5.32 Å². The monoisotopic (exact) mass is 308 g/mol. The summed E-state index contributed by atoms with van der Waals surface area (Å²) in [6.07, 6.45) is 6.72. The number of aromatic nitrogens is 2. The molecule has 2 aliphatic heterocycles. The summed E-state index contributed by atoms with van der Waals surface area (Å²) >= 11 is 1.95. The lowest BCUT2D eigenvalue weighted by atomic mass is 10.1. The van der Waals surface area contributed by atoms with Crippen molar-refractivity contribution >= 4 is 17.7 Å². The van der Waals surface area contributed by atoms with Crippen molar-refractivity contribution in [2.75, 3.05) is 24.6 Å². The Kier molecular flexibility index (Phi) is 4.85. The predicted molar refractivity (Wildman–Crippen MR) is 85.4 cm³/mol. The molecule has 21 heavy (non-hydrogen) atoms. The first kappa shape index (κ1) is 14.9. The van der Waals surface area contributed by atoms with E-state index in [1.165, 1.54) is 0 Å². The van der Waals surface area contributed by atoms with Crippen molar-refractivity contribution in [3.05, 3.63) is 18.2 Å². The van der Waals surface area contributed by atoms with Gasteiger partial charge in [0.2, 0.25) is 5.91 Å². The van der Waals surface area contributed by atoms with Crippen LogP contribution in [0, 0.1) is 6.92 Å². The summed E-state index contributed by atoms with van der Waals surface area (Å²) < 4.78 is 2.16. The Balaban J connectivity index is 1.58. The number of amides is 1. The number of nitrogens with one attached hydrogen (secondary N) is 1. The number of imidazole rings is 1. The van der Waals surface area contributed by atoms with E-state index in [2.05, 4.69) is 19.8 Å². The van der Waals surface area contributed by atoms with Crippen molar-refractivity contribution < 1.29 is 4.79 Å². The third kappa shape index (κ3) is 3.61. The van der Waals surface area contributed by atoms with Gasteiger partial charge in [0.15, 0.2) is 0 Å². The molecule has 0 radical (unpaired) electrons. The molecular weight excluding hydrogens is 284 g/mol. The number of rotatable bonds is 4. The zero-order valence-electron chi connectivity index (χ0n) is 12.6. The zero-order chi connectivity index (χ0) is 14.7. The molecule has 0 aliphatic carbocycles. The molecule has 0 saturated carbocycles. The molecule has 5 nitrogen and oxygen atoms in total. The van der Waals surface area contributed by atoms with Crippen LogP contribution >= 0.6 is 11.8 Å². The Morgan fingerprint density at radius 3 is 3.19 bits per heavy atom. The molecule has 1 N–H and O–H groups in total. The SMILES string of the molecule is Cc1nccn1CC1CCCN1C(=O)CC1CSCCN1. The molecule has 2 fully saturated rings. The van der Waals surface area contributed by atoms with E-state index < -0.39 is 0 Å². The lowest BCUT2D eigenvalue weighted by Crippen LogP contribution is -2.44. The third-order valence-corrected chi connectivity index (χ3v) is 5.58. The highest BCUT2D eigenvalue weighted by molar-refractivity contribution is 7.99. The predicted octanol–water partition coefficient (Wildman–Crippen LogP) is 1.28. The molecule has 0 spiro atoms.